The van der Waals surface area contributed by atoms with Gasteiger partial charge in [0, 0.05) is 17.7 Å². The minimum absolute atomic E-state index is 0.00614. The lowest BCUT2D eigenvalue weighted by atomic mass is 9.98. The maximum atomic E-state index is 12.8. The van der Waals surface area contributed by atoms with Gasteiger partial charge in [-0.3, -0.25) is 9.69 Å². The van der Waals surface area contributed by atoms with Gasteiger partial charge in [-0.2, -0.15) is 0 Å². The third-order valence-corrected chi connectivity index (χ3v) is 4.78. The Labute approximate surface area is 140 Å². The van der Waals surface area contributed by atoms with E-state index in [1.165, 1.54) is 12.8 Å². The zero-order valence-electron chi connectivity index (χ0n) is 12.2. The van der Waals surface area contributed by atoms with E-state index < -0.39 is 0 Å². The van der Waals surface area contributed by atoms with Crippen molar-refractivity contribution in [3.05, 3.63) is 69.2 Å². The minimum Gasteiger partial charge on any atom is -0.299 e. The van der Waals surface area contributed by atoms with Crippen LogP contribution in [-0.2, 0) is 6.54 Å². The van der Waals surface area contributed by atoms with E-state index in [9.17, 15) is 4.79 Å². The molecule has 0 aliphatic carbocycles. The van der Waals surface area contributed by atoms with Crippen LogP contribution in [-0.4, -0.2) is 23.8 Å². The summed E-state index contributed by atoms with van der Waals surface area (Å²) in [6.07, 6.45) is 2.48. The van der Waals surface area contributed by atoms with Crippen LogP contribution in [0.1, 0.15) is 34.3 Å². The molecule has 2 aromatic carbocycles. The fourth-order valence-electron chi connectivity index (χ4n) is 2.85. The first kappa shape index (κ1) is 15.5. The Morgan fingerprint density at radius 1 is 1.00 bits per heavy atom. The second kappa shape index (κ2) is 6.82. The van der Waals surface area contributed by atoms with Crippen LogP contribution in [0, 0.1) is 0 Å². The number of nitrogens with zero attached hydrogens (tertiary/aromatic N) is 1. The number of carbonyl (C=O) groups excluding carboxylic acids is 1. The first-order valence-corrected chi connectivity index (χ1v) is 8.21. The smallest absolute Gasteiger partial charge is 0.193 e. The molecule has 0 radical (unpaired) electrons. The number of rotatable bonds is 4. The van der Waals surface area contributed by atoms with Gasteiger partial charge < -0.3 is 0 Å². The highest BCUT2D eigenvalue weighted by atomic mass is 35.5. The van der Waals surface area contributed by atoms with Crippen molar-refractivity contribution < 1.29 is 4.79 Å². The van der Waals surface area contributed by atoms with Crippen LogP contribution in [0.3, 0.4) is 0 Å². The third-order valence-electron chi connectivity index (χ3n) is 4.04. The summed E-state index contributed by atoms with van der Waals surface area (Å²) in [7, 11) is 0. The Morgan fingerprint density at radius 3 is 2.45 bits per heavy atom. The van der Waals surface area contributed by atoms with Crippen molar-refractivity contribution in [1.82, 2.24) is 4.90 Å². The average Bonchev–Trinajstić information content (AvgIpc) is 3.03. The molecule has 1 fully saturated rings. The molecular formula is C18H17Cl2NO. The normalized spacial score (nSPS) is 15.2. The van der Waals surface area contributed by atoms with Crippen LogP contribution in [0.5, 0.6) is 0 Å². The molecule has 0 atom stereocenters. The van der Waals surface area contributed by atoms with E-state index in [4.69, 9.17) is 23.2 Å². The van der Waals surface area contributed by atoms with Gasteiger partial charge in [0.15, 0.2) is 5.78 Å². The summed E-state index contributed by atoms with van der Waals surface area (Å²) < 4.78 is 0. The first-order chi connectivity index (χ1) is 10.6. The predicted octanol–water partition coefficient (Wildman–Crippen LogP) is 4.82. The second-order valence-electron chi connectivity index (χ2n) is 5.60. The Balaban J connectivity index is 1.89. The monoisotopic (exact) mass is 333 g/mol. The van der Waals surface area contributed by atoms with E-state index in [0.29, 0.717) is 15.6 Å². The van der Waals surface area contributed by atoms with Crippen LogP contribution in [0.25, 0.3) is 0 Å². The average molecular weight is 334 g/mol. The molecule has 1 heterocycles. The van der Waals surface area contributed by atoms with Gasteiger partial charge in [-0.25, -0.2) is 0 Å². The number of benzene rings is 2. The van der Waals surface area contributed by atoms with Crippen molar-refractivity contribution in [2.75, 3.05) is 13.1 Å². The molecule has 1 saturated heterocycles. The summed E-state index contributed by atoms with van der Waals surface area (Å²) >= 11 is 12.0. The SMILES string of the molecule is O=C(c1ccc(Cl)c(Cl)c1)c1ccccc1CN1CCCC1. The van der Waals surface area contributed by atoms with Crippen molar-refractivity contribution in [1.29, 1.82) is 0 Å². The predicted molar refractivity (Wildman–Crippen MR) is 90.8 cm³/mol. The lowest BCUT2D eigenvalue weighted by Gasteiger charge is -2.17. The summed E-state index contributed by atoms with van der Waals surface area (Å²) in [5, 5.41) is 0.869. The highest BCUT2D eigenvalue weighted by molar-refractivity contribution is 6.42. The maximum Gasteiger partial charge on any atom is 0.193 e. The fraction of sp³-hybridized carbons (Fsp3) is 0.278. The standard InChI is InChI=1S/C18H17Cl2NO/c19-16-8-7-13(11-17(16)20)18(22)15-6-2-1-5-14(15)12-21-9-3-4-10-21/h1-2,5-8,11H,3-4,9-10,12H2. The van der Waals surface area contributed by atoms with E-state index in [2.05, 4.69) is 4.90 Å². The van der Waals surface area contributed by atoms with Crippen LogP contribution in [0.4, 0.5) is 0 Å². The van der Waals surface area contributed by atoms with Crippen LogP contribution < -0.4 is 0 Å². The molecule has 2 aromatic rings. The zero-order chi connectivity index (χ0) is 15.5. The number of likely N-dealkylation sites (tertiary alicyclic amines) is 1. The molecule has 22 heavy (non-hydrogen) atoms. The van der Waals surface area contributed by atoms with E-state index in [1.807, 2.05) is 24.3 Å². The summed E-state index contributed by atoms with van der Waals surface area (Å²) in [5.41, 5.74) is 2.39. The molecule has 0 spiro atoms. The third kappa shape index (κ3) is 3.35. The lowest BCUT2D eigenvalue weighted by molar-refractivity contribution is 0.103. The molecule has 0 amide bonds. The molecular weight excluding hydrogens is 317 g/mol. The highest BCUT2D eigenvalue weighted by Gasteiger charge is 2.18. The van der Waals surface area contributed by atoms with Gasteiger partial charge in [0.25, 0.3) is 0 Å². The maximum absolute atomic E-state index is 12.8. The van der Waals surface area contributed by atoms with Crippen molar-refractivity contribution in [3.63, 3.8) is 0 Å². The van der Waals surface area contributed by atoms with Gasteiger partial charge in [-0.1, -0.05) is 47.5 Å². The van der Waals surface area contributed by atoms with Crippen LogP contribution in [0.2, 0.25) is 10.0 Å². The molecule has 0 aromatic heterocycles. The molecule has 0 saturated carbocycles. The Morgan fingerprint density at radius 2 is 1.73 bits per heavy atom. The largest absolute Gasteiger partial charge is 0.299 e. The quantitative estimate of drug-likeness (QED) is 0.747. The minimum atomic E-state index is -0.00614. The van der Waals surface area contributed by atoms with Crippen LogP contribution in [0.15, 0.2) is 42.5 Å². The van der Waals surface area contributed by atoms with Gasteiger partial charge in [0.2, 0.25) is 0 Å². The number of carbonyl (C=O) groups is 1. The molecule has 1 aliphatic rings. The number of hydrogen-bond acceptors (Lipinski definition) is 2. The van der Waals surface area contributed by atoms with Crippen molar-refractivity contribution in [2.24, 2.45) is 0 Å². The zero-order valence-corrected chi connectivity index (χ0v) is 13.7. The number of hydrogen-bond donors (Lipinski definition) is 0. The van der Waals surface area contributed by atoms with Crippen LogP contribution >= 0.6 is 23.2 Å². The van der Waals surface area contributed by atoms with Crippen molar-refractivity contribution >= 4 is 29.0 Å². The first-order valence-electron chi connectivity index (χ1n) is 7.45. The van der Waals surface area contributed by atoms with E-state index >= 15 is 0 Å². The Hall–Kier alpha value is -1.35. The van der Waals surface area contributed by atoms with Crippen molar-refractivity contribution in [2.45, 2.75) is 19.4 Å². The molecule has 0 N–H and O–H groups in total. The molecule has 114 valence electrons. The molecule has 1 aliphatic heterocycles. The molecule has 0 bridgehead atoms. The fourth-order valence-corrected chi connectivity index (χ4v) is 3.15. The number of halogens is 2. The molecule has 3 rings (SSSR count). The van der Waals surface area contributed by atoms with E-state index in [0.717, 1.165) is 30.8 Å². The highest BCUT2D eigenvalue weighted by Crippen LogP contribution is 2.25. The summed E-state index contributed by atoms with van der Waals surface area (Å²) in [4.78, 5) is 15.2. The van der Waals surface area contributed by atoms with Gasteiger partial charge in [0.05, 0.1) is 10.0 Å². The van der Waals surface area contributed by atoms with Gasteiger partial charge >= 0.3 is 0 Å². The molecule has 2 nitrogen and oxygen atoms in total. The summed E-state index contributed by atoms with van der Waals surface area (Å²) in [6.45, 7) is 3.04. The number of ketones is 1. The van der Waals surface area contributed by atoms with E-state index in [-0.39, 0.29) is 5.78 Å². The van der Waals surface area contributed by atoms with Crippen molar-refractivity contribution in [3.8, 4) is 0 Å². The second-order valence-corrected chi connectivity index (χ2v) is 6.41. The topological polar surface area (TPSA) is 20.3 Å². The lowest BCUT2D eigenvalue weighted by Crippen LogP contribution is -2.20. The Kier molecular flexibility index (Phi) is 4.82. The van der Waals surface area contributed by atoms with Gasteiger partial charge in [0.1, 0.15) is 0 Å². The summed E-state index contributed by atoms with van der Waals surface area (Å²) in [5.74, 6) is -0.00614. The Bertz CT molecular complexity index is 693. The van der Waals surface area contributed by atoms with Gasteiger partial charge in [-0.05, 0) is 49.7 Å². The summed E-state index contributed by atoms with van der Waals surface area (Å²) in [6, 6.07) is 12.8. The van der Waals surface area contributed by atoms with E-state index in [1.54, 1.807) is 18.2 Å². The molecule has 0 unspecified atom stereocenters. The molecule has 4 heteroatoms. The van der Waals surface area contributed by atoms with Gasteiger partial charge in [-0.15, -0.1) is 0 Å².